The van der Waals surface area contributed by atoms with E-state index in [0.29, 0.717) is 0 Å². The van der Waals surface area contributed by atoms with Gasteiger partial charge in [0.2, 0.25) is 0 Å². The first kappa shape index (κ1) is 10.5. The molecular weight excluding hydrogens is 210 g/mol. The maximum absolute atomic E-state index is 6.11. The Labute approximate surface area is 101 Å². The molecule has 1 atom stereocenters. The van der Waals surface area contributed by atoms with Crippen LogP contribution in [0.25, 0.3) is 11.4 Å². The molecule has 3 heteroatoms. The van der Waals surface area contributed by atoms with Crippen molar-refractivity contribution < 1.29 is 0 Å². The monoisotopic (exact) mass is 227 g/mol. The quantitative estimate of drug-likeness (QED) is 0.856. The summed E-state index contributed by atoms with van der Waals surface area (Å²) < 4.78 is 2.18. The van der Waals surface area contributed by atoms with Crippen molar-refractivity contribution in [3.8, 4) is 11.4 Å². The van der Waals surface area contributed by atoms with Crippen molar-refractivity contribution in [1.82, 2.24) is 9.55 Å². The molecule has 0 radical (unpaired) electrons. The van der Waals surface area contributed by atoms with E-state index in [1.54, 1.807) is 0 Å². The Morgan fingerprint density at radius 2 is 2.35 bits per heavy atom. The zero-order valence-electron chi connectivity index (χ0n) is 10.1. The molecule has 88 valence electrons. The van der Waals surface area contributed by atoms with Gasteiger partial charge in [-0.2, -0.15) is 0 Å². The second kappa shape index (κ2) is 4.00. The molecule has 1 aliphatic rings. The van der Waals surface area contributed by atoms with Gasteiger partial charge in [0.15, 0.2) is 0 Å². The van der Waals surface area contributed by atoms with Crippen LogP contribution < -0.4 is 5.73 Å². The standard InChI is InChI=1S/C14H17N3/c1-2-17-9-8-16-14(17)12-5-3-4-11-10(12)6-7-13(11)15/h3-5,8-9,13H,2,6-7,15H2,1H3. The molecule has 1 unspecified atom stereocenters. The van der Waals surface area contributed by atoms with Crippen molar-refractivity contribution >= 4 is 0 Å². The van der Waals surface area contributed by atoms with E-state index in [2.05, 4.69) is 34.7 Å². The summed E-state index contributed by atoms with van der Waals surface area (Å²) in [5, 5.41) is 0. The van der Waals surface area contributed by atoms with E-state index in [1.165, 1.54) is 16.7 Å². The number of aromatic nitrogens is 2. The first-order valence-electron chi connectivity index (χ1n) is 6.20. The van der Waals surface area contributed by atoms with Gasteiger partial charge in [-0.15, -0.1) is 0 Å². The minimum absolute atomic E-state index is 0.204. The summed E-state index contributed by atoms with van der Waals surface area (Å²) in [6.07, 6.45) is 6.03. The number of nitrogens with two attached hydrogens (primary N) is 1. The van der Waals surface area contributed by atoms with Crippen LogP contribution in [-0.4, -0.2) is 9.55 Å². The first-order chi connectivity index (χ1) is 8.31. The maximum atomic E-state index is 6.11. The third kappa shape index (κ3) is 1.58. The average Bonchev–Trinajstić information content (AvgIpc) is 2.96. The maximum Gasteiger partial charge on any atom is 0.140 e. The smallest absolute Gasteiger partial charge is 0.140 e. The van der Waals surface area contributed by atoms with Crippen molar-refractivity contribution in [2.24, 2.45) is 5.73 Å². The third-order valence-electron chi connectivity index (χ3n) is 3.61. The van der Waals surface area contributed by atoms with Crippen LogP contribution in [0.5, 0.6) is 0 Å². The van der Waals surface area contributed by atoms with Gasteiger partial charge in [-0.05, 0) is 30.9 Å². The summed E-state index contributed by atoms with van der Waals surface area (Å²) >= 11 is 0. The van der Waals surface area contributed by atoms with Gasteiger partial charge in [0.05, 0.1) is 0 Å². The minimum atomic E-state index is 0.204. The van der Waals surface area contributed by atoms with Crippen LogP contribution in [0.3, 0.4) is 0 Å². The third-order valence-corrected chi connectivity index (χ3v) is 3.61. The van der Waals surface area contributed by atoms with Crippen molar-refractivity contribution in [3.05, 3.63) is 41.7 Å². The second-order valence-electron chi connectivity index (χ2n) is 4.56. The van der Waals surface area contributed by atoms with Crippen LogP contribution in [0.2, 0.25) is 0 Å². The number of rotatable bonds is 2. The van der Waals surface area contributed by atoms with Gasteiger partial charge in [0.1, 0.15) is 5.82 Å². The van der Waals surface area contributed by atoms with E-state index in [9.17, 15) is 0 Å². The van der Waals surface area contributed by atoms with Gasteiger partial charge in [0, 0.05) is 30.5 Å². The number of fused-ring (bicyclic) bond motifs is 1. The highest BCUT2D eigenvalue weighted by Gasteiger charge is 2.23. The van der Waals surface area contributed by atoms with Crippen LogP contribution in [-0.2, 0) is 13.0 Å². The summed E-state index contributed by atoms with van der Waals surface area (Å²) in [6, 6.07) is 6.60. The number of imidazole rings is 1. The van der Waals surface area contributed by atoms with Gasteiger partial charge in [-0.25, -0.2) is 4.98 Å². The highest BCUT2D eigenvalue weighted by molar-refractivity contribution is 5.64. The molecule has 3 nitrogen and oxygen atoms in total. The Morgan fingerprint density at radius 1 is 1.47 bits per heavy atom. The molecule has 3 rings (SSSR count). The fourth-order valence-corrected chi connectivity index (χ4v) is 2.70. The molecule has 0 aliphatic heterocycles. The topological polar surface area (TPSA) is 43.8 Å². The Hall–Kier alpha value is -1.61. The van der Waals surface area contributed by atoms with E-state index in [4.69, 9.17) is 5.73 Å². The van der Waals surface area contributed by atoms with E-state index in [0.717, 1.165) is 25.2 Å². The lowest BCUT2D eigenvalue weighted by molar-refractivity contribution is 0.713. The van der Waals surface area contributed by atoms with Crippen LogP contribution >= 0.6 is 0 Å². The first-order valence-corrected chi connectivity index (χ1v) is 6.20. The fraction of sp³-hybridized carbons (Fsp3) is 0.357. The Bertz CT molecular complexity index is 542. The Morgan fingerprint density at radius 3 is 3.18 bits per heavy atom. The predicted octanol–water partition coefficient (Wildman–Crippen LogP) is 2.52. The molecule has 2 aromatic rings. The van der Waals surface area contributed by atoms with Gasteiger partial charge in [-0.1, -0.05) is 18.2 Å². The largest absolute Gasteiger partial charge is 0.331 e. The van der Waals surface area contributed by atoms with Crippen molar-refractivity contribution in [2.75, 3.05) is 0 Å². The molecule has 0 fully saturated rings. The highest BCUT2D eigenvalue weighted by Crippen LogP contribution is 2.35. The fourth-order valence-electron chi connectivity index (χ4n) is 2.70. The van der Waals surface area contributed by atoms with Gasteiger partial charge < -0.3 is 10.3 Å². The number of aryl methyl sites for hydroxylation is 1. The molecule has 1 heterocycles. The molecule has 0 amide bonds. The van der Waals surface area contributed by atoms with E-state index in [-0.39, 0.29) is 6.04 Å². The van der Waals surface area contributed by atoms with E-state index in [1.807, 2.05) is 12.4 Å². The van der Waals surface area contributed by atoms with Gasteiger partial charge in [0.25, 0.3) is 0 Å². The van der Waals surface area contributed by atoms with Gasteiger partial charge >= 0.3 is 0 Å². The molecule has 1 aromatic carbocycles. The summed E-state index contributed by atoms with van der Waals surface area (Å²) in [4.78, 5) is 4.48. The van der Waals surface area contributed by atoms with Crippen LogP contribution in [0.15, 0.2) is 30.6 Å². The minimum Gasteiger partial charge on any atom is -0.331 e. The summed E-state index contributed by atoms with van der Waals surface area (Å²) in [5.41, 5.74) is 10.1. The number of nitrogens with zero attached hydrogens (tertiary/aromatic N) is 2. The lowest BCUT2D eigenvalue weighted by Gasteiger charge is -2.10. The predicted molar refractivity (Wildman–Crippen MR) is 68.6 cm³/mol. The SMILES string of the molecule is CCn1ccnc1-c1cccc2c1CCC2N. The molecule has 17 heavy (non-hydrogen) atoms. The zero-order valence-corrected chi connectivity index (χ0v) is 10.1. The normalized spacial score (nSPS) is 18.4. The van der Waals surface area contributed by atoms with Gasteiger partial charge in [-0.3, -0.25) is 0 Å². The zero-order chi connectivity index (χ0) is 11.8. The molecule has 2 N–H and O–H groups in total. The summed E-state index contributed by atoms with van der Waals surface area (Å²) in [5.74, 6) is 1.07. The van der Waals surface area contributed by atoms with Crippen molar-refractivity contribution in [3.63, 3.8) is 0 Å². The Balaban J connectivity index is 2.17. The molecular formula is C14H17N3. The average molecular weight is 227 g/mol. The van der Waals surface area contributed by atoms with Crippen molar-refractivity contribution in [1.29, 1.82) is 0 Å². The Kier molecular flexibility index (Phi) is 2.48. The highest BCUT2D eigenvalue weighted by atomic mass is 15.1. The van der Waals surface area contributed by atoms with Crippen LogP contribution in [0.1, 0.15) is 30.5 Å². The summed E-state index contributed by atoms with van der Waals surface area (Å²) in [6.45, 7) is 3.09. The molecule has 0 saturated carbocycles. The van der Waals surface area contributed by atoms with Crippen LogP contribution in [0.4, 0.5) is 0 Å². The van der Waals surface area contributed by atoms with E-state index >= 15 is 0 Å². The molecule has 0 saturated heterocycles. The second-order valence-corrected chi connectivity index (χ2v) is 4.56. The molecule has 1 aliphatic carbocycles. The molecule has 1 aromatic heterocycles. The molecule has 0 spiro atoms. The lowest BCUT2D eigenvalue weighted by atomic mass is 10.0. The summed E-state index contributed by atoms with van der Waals surface area (Å²) in [7, 11) is 0. The number of hydrogen-bond donors (Lipinski definition) is 1. The molecule has 0 bridgehead atoms. The van der Waals surface area contributed by atoms with Crippen LogP contribution in [0, 0.1) is 0 Å². The number of benzene rings is 1. The number of hydrogen-bond acceptors (Lipinski definition) is 2. The lowest BCUT2D eigenvalue weighted by Crippen LogP contribution is -2.05. The van der Waals surface area contributed by atoms with E-state index < -0.39 is 0 Å². The van der Waals surface area contributed by atoms with Crippen molar-refractivity contribution in [2.45, 2.75) is 32.4 Å².